The van der Waals surface area contributed by atoms with Crippen LogP contribution in [0.5, 0.6) is 0 Å². The van der Waals surface area contributed by atoms with Gasteiger partial charge in [-0.2, -0.15) is 13.2 Å². The summed E-state index contributed by atoms with van der Waals surface area (Å²) in [6.07, 6.45) is -2.26. The first-order chi connectivity index (χ1) is 15.4. The predicted octanol–water partition coefficient (Wildman–Crippen LogP) is 5.69. The SMILES string of the molecule is CC(C)(c1cc(F)cc(-c2[c-]cc(F)cc2F)n1)c1cccc(-n2[c-]cc(C(F)(F)F)n2)n1.[Pt+2]. The molecule has 34 heavy (non-hydrogen) atoms. The van der Waals surface area contributed by atoms with Crippen molar-refractivity contribution in [3.05, 3.63) is 95.3 Å². The second kappa shape index (κ2) is 9.33. The molecule has 3 aromatic heterocycles. The normalized spacial score (nSPS) is 11.9. The first-order valence-electron chi connectivity index (χ1n) is 9.53. The number of hydrogen-bond acceptors (Lipinski definition) is 3. The Hall–Kier alpha value is -3.00. The molecule has 178 valence electrons. The third kappa shape index (κ3) is 5.06. The fraction of sp³-hybridized carbons (Fsp3) is 0.174. The number of nitrogens with zero attached hydrogens (tertiary/aromatic N) is 4. The topological polar surface area (TPSA) is 43.6 Å². The summed E-state index contributed by atoms with van der Waals surface area (Å²) in [5.74, 6) is -2.44. The van der Waals surface area contributed by atoms with Crippen molar-refractivity contribution in [3.63, 3.8) is 0 Å². The van der Waals surface area contributed by atoms with Gasteiger partial charge in [0.1, 0.15) is 5.82 Å². The Bertz CT molecular complexity index is 1330. The van der Waals surface area contributed by atoms with E-state index in [0.29, 0.717) is 17.8 Å². The average Bonchev–Trinajstić information content (AvgIpc) is 3.24. The molecular weight excluding hydrogens is 641 g/mol. The quantitative estimate of drug-likeness (QED) is 0.210. The smallest absolute Gasteiger partial charge is 0.343 e. The number of halogens is 6. The number of aromatic nitrogens is 4. The van der Waals surface area contributed by atoms with Crippen LogP contribution < -0.4 is 0 Å². The van der Waals surface area contributed by atoms with Crippen LogP contribution in [0.3, 0.4) is 0 Å². The summed E-state index contributed by atoms with van der Waals surface area (Å²) in [6, 6.07) is 11.4. The number of rotatable bonds is 4. The zero-order valence-electron chi connectivity index (χ0n) is 17.5. The average molecular weight is 655 g/mol. The van der Waals surface area contributed by atoms with Gasteiger partial charge in [-0.15, -0.1) is 18.2 Å². The summed E-state index contributed by atoms with van der Waals surface area (Å²) < 4.78 is 81.3. The fourth-order valence-electron chi connectivity index (χ4n) is 3.15. The van der Waals surface area contributed by atoms with Crippen LogP contribution in [-0.4, -0.2) is 19.7 Å². The Morgan fingerprint density at radius 2 is 1.59 bits per heavy atom. The van der Waals surface area contributed by atoms with Gasteiger partial charge in [-0.05, 0) is 37.7 Å². The van der Waals surface area contributed by atoms with E-state index in [0.717, 1.165) is 22.9 Å². The van der Waals surface area contributed by atoms with Crippen LogP contribution in [-0.2, 0) is 32.7 Å². The molecule has 0 aliphatic rings. The van der Waals surface area contributed by atoms with Gasteiger partial charge in [0, 0.05) is 28.4 Å². The molecule has 11 heteroatoms. The molecule has 0 amide bonds. The molecule has 0 N–H and O–H groups in total. The van der Waals surface area contributed by atoms with Gasteiger partial charge in [0.2, 0.25) is 0 Å². The Balaban J connectivity index is 0.00000324. The van der Waals surface area contributed by atoms with Crippen molar-refractivity contribution in [1.29, 1.82) is 0 Å². The summed E-state index contributed by atoms with van der Waals surface area (Å²) in [5.41, 5.74) is -1.97. The van der Waals surface area contributed by atoms with Crippen molar-refractivity contribution in [2.45, 2.75) is 25.4 Å². The number of benzene rings is 1. The van der Waals surface area contributed by atoms with Crippen LogP contribution in [0.4, 0.5) is 26.3 Å². The van der Waals surface area contributed by atoms with Crippen molar-refractivity contribution in [2.24, 2.45) is 0 Å². The summed E-state index contributed by atoms with van der Waals surface area (Å²) >= 11 is 0. The molecule has 1 aromatic carbocycles. The van der Waals surface area contributed by atoms with E-state index < -0.39 is 34.7 Å². The molecule has 0 saturated heterocycles. The molecule has 0 unspecified atom stereocenters. The molecule has 3 heterocycles. The third-order valence-corrected chi connectivity index (χ3v) is 4.96. The van der Waals surface area contributed by atoms with Crippen LogP contribution >= 0.6 is 0 Å². The van der Waals surface area contributed by atoms with E-state index >= 15 is 0 Å². The summed E-state index contributed by atoms with van der Waals surface area (Å²) in [5, 5.41) is 3.45. The second-order valence-corrected chi connectivity index (χ2v) is 7.67. The minimum atomic E-state index is -4.63. The Morgan fingerprint density at radius 3 is 2.24 bits per heavy atom. The van der Waals surface area contributed by atoms with Gasteiger partial charge in [0.05, 0.1) is 11.5 Å². The van der Waals surface area contributed by atoms with Gasteiger partial charge < -0.3 is 9.67 Å². The zero-order valence-corrected chi connectivity index (χ0v) is 19.8. The first kappa shape index (κ1) is 25.6. The Kier molecular flexibility index (Phi) is 7.03. The molecule has 0 fully saturated rings. The maximum absolute atomic E-state index is 14.4. The standard InChI is InChI=1S/C23H14F6N4.Pt/c1-22(2,18-4-3-5-21(31-18)33-9-8-19(32-33)23(27,28)29)20-12-14(25)11-17(30-20)15-7-6-13(24)10-16(15)26;/h3-6,8,10-12H,1-2H3;/q-2;+2. The first-order valence-corrected chi connectivity index (χ1v) is 9.53. The van der Waals surface area contributed by atoms with E-state index in [4.69, 9.17) is 0 Å². The van der Waals surface area contributed by atoms with Gasteiger partial charge in [0.25, 0.3) is 0 Å². The maximum atomic E-state index is 14.4. The minimum absolute atomic E-state index is 0. The molecule has 4 rings (SSSR count). The monoisotopic (exact) mass is 655 g/mol. The summed E-state index contributed by atoms with van der Waals surface area (Å²) in [6.45, 7) is 3.34. The van der Waals surface area contributed by atoms with Crippen molar-refractivity contribution >= 4 is 0 Å². The molecule has 0 aliphatic heterocycles. The van der Waals surface area contributed by atoms with Gasteiger partial charge in [-0.25, -0.2) is 4.39 Å². The molecule has 0 spiro atoms. The van der Waals surface area contributed by atoms with Crippen LogP contribution in [0.15, 0.2) is 48.5 Å². The largest absolute Gasteiger partial charge is 2.00 e. The molecule has 4 nitrogen and oxygen atoms in total. The van der Waals surface area contributed by atoms with Gasteiger partial charge in [-0.3, -0.25) is 18.9 Å². The summed E-state index contributed by atoms with van der Waals surface area (Å²) in [4.78, 5) is 8.68. The maximum Gasteiger partial charge on any atom is 2.00 e. The minimum Gasteiger partial charge on any atom is -0.343 e. The Morgan fingerprint density at radius 1 is 0.853 bits per heavy atom. The molecule has 0 aliphatic carbocycles. The Labute approximate surface area is 204 Å². The van der Waals surface area contributed by atoms with Gasteiger partial charge in [0.15, 0.2) is 0 Å². The van der Waals surface area contributed by atoms with Crippen LogP contribution in [0.2, 0.25) is 0 Å². The predicted molar refractivity (Wildman–Crippen MR) is 106 cm³/mol. The molecule has 0 saturated carbocycles. The number of alkyl halides is 3. The summed E-state index contributed by atoms with van der Waals surface area (Å²) in [7, 11) is 0. The molecule has 0 bridgehead atoms. The molecule has 4 aromatic rings. The number of hydrogen-bond donors (Lipinski definition) is 0. The third-order valence-electron chi connectivity index (χ3n) is 4.96. The van der Waals surface area contributed by atoms with Crippen LogP contribution in [0.1, 0.15) is 30.9 Å². The van der Waals surface area contributed by atoms with E-state index in [2.05, 4.69) is 27.3 Å². The van der Waals surface area contributed by atoms with Crippen molar-refractivity contribution < 1.29 is 47.4 Å². The van der Waals surface area contributed by atoms with Gasteiger partial charge in [-0.1, -0.05) is 30.0 Å². The van der Waals surface area contributed by atoms with Crippen LogP contribution in [0.25, 0.3) is 17.1 Å². The van der Waals surface area contributed by atoms with E-state index in [1.54, 1.807) is 26.0 Å². The fourth-order valence-corrected chi connectivity index (χ4v) is 3.15. The van der Waals surface area contributed by atoms with Crippen LogP contribution in [0, 0.1) is 29.7 Å². The van der Waals surface area contributed by atoms with E-state index in [-0.39, 0.29) is 43.8 Å². The van der Waals surface area contributed by atoms with E-state index in [9.17, 15) is 26.3 Å². The second-order valence-electron chi connectivity index (χ2n) is 7.67. The zero-order chi connectivity index (χ0) is 24.0. The van der Waals surface area contributed by atoms with Gasteiger partial charge >= 0.3 is 27.2 Å². The molecule has 0 atom stereocenters. The van der Waals surface area contributed by atoms with E-state index in [1.165, 1.54) is 6.07 Å². The number of pyridine rings is 2. The van der Waals surface area contributed by atoms with Crippen molar-refractivity contribution in [3.8, 4) is 17.1 Å². The van der Waals surface area contributed by atoms with Crippen molar-refractivity contribution in [1.82, 2.24) is 19.7 Å². The molecular formula is C23H14F6N4Pt. The van der Waals surface area contributed by atoms with E-state index in [1.807, 2.05) is 0 Å². The molecule has 0 radical (unpaired) electrons. The van der Waals surface area contributed by atoms with Crippen molar-refractivity contribution in [2.75, 3.05) is 0 Å².